The van der Waals surface area contributed by atoms with Crippen molar-refractivity contribution in [2.24, 2.45) is 11.7 Å². The Hall–Kier alpha value is -1.68. The van der Waals surface area contributed by atoms with Gasteiger partial charge in [-0.25, -0.2) is 0 Å². The Balaban J connectivity index is 2.54. The smallest absolute Gasteiger partial charge is 0.306 e. The van der Waals surface area contributed by atoms with Crippen LogP contribution in [0.2, 0.25) is 0 Å². The molecule has 0 radical (unpaired) electrons. The third-order valence-corrected chi connectivity index (χ3v) is 2.92. The van der Waals surface area contributed by atoms with Gasteiger partial charge in [0.05, 0.1) is 12.0 Å². The summed E-state index contributed by atoms with van der Waals surface area (Å²) in [4.78, 5) is 22.4. The highest BCUT2D eigenvalue weighted by molar-refractivity contribution is 5.87. The summed E-state index contributed by atoms with van der Waals surface area (Å²) in [6.45, 7) is 3.50. The molecule has 0 unspecified atom stereocenters. The van der Waals surface area contributed by atoms with Crippen LogP contribution in [-0.2, 0) is 16.0 Å². The highest BCUT2D eigenvalue weighted by Crippen LogP contribution is 2.09. The van der Waals surface area contributed by atoms with Crippen molar-refractivity contribution in [3.63, 3.8) is 0 Å². The van der Waals surface area contributed by atoms with Gasteiger partial charge < -0.3 is 10.8 Å². The first-order chi connectivity index (χ1) is 8.40. The summed E-state index contributed by atoms with van der Waals surface area (Å²) >= 11 is 0. The Kier molecular flexibility index (Phi) is 5.04. The molecule has 0 heterocycles. The molecule has 0 aliphatic carbocycles. The van der Waals surface area contributed by atoms with Crippen LogP contribution in [-0.4, -0.2) is 22.9 Å². The molecular weight excluding hydrogens is 230 g/mol. The van der Waals surface area contributed by atoms with Gasteiger partial charge in [-0.05, 0) is 18.9 Å². The first-order valence-corrected chi connectivity index (χ1v) is 5.96. The molecule has 0 saturated carbocycles. The summed E-state index contributed by atoms with van der Waals surface area (Å²) in [6.07, 6.45) is 0.438. The molecular formula is C14H19NO3. The normalized spacial score (nSPS) is 13.9. The number of ketones is 1. The van der Waals surface area contributed by atoms with Gasteiger partial charge in [0.15, 0.2) is 5.78 Å². The topological polar surface area (TPSA) is 80.4 Å². The monoisotopic (exact) mass is 249 g/mol. The molecule has 1 aromatic carbocycles. The Morgan fingerprint density at radius 3 is 2.33 bits per heavy atom. The second-order valence-corrected chi connectivity index (χ2v) is 4.71. The molecule has 0 amide bonds. The molecule has 0 aliphatic heterocycles. The van der Waals surface area contributed by atoms with Crippen molar-refractivity contribution in [1.29, 1.82) is 0 Å². The van der Waals surface area contributed by atoms with Crippen LogP contribution in [0.5, 0.6) is 0 Å². The summed E-state index contributed by atoms with van der Waals surface area (Å²) in [5.74, 6) is -1.85. The van der Waals surface area contributed by atoms with Gasteiger partial charge in [-0.2, -0.15) is 0 Å². The van der Waals surface area contributed by atoms with E-state index in [2.05, 4.69) is 0 Å². The first kappa shape index (κ1) is 14.4. The fourth-order valence-electron chi connectivity index (χ4n) is 1.63. The molecule has 3 N–H and O–H groups in total. The average molecular weight is 249 g/mol. The van der Waals surface area contributed by atoms with Crippen molar-refractivity contribution in [3.05, 3.63) is 35.4 Å². The predicted octanol–water partition coefficient (Wildman–Crippen LogP) is 1.54. The zero-order valence-corrected chi connectivity index (χ0v) is 10.7. The third-order valence-electron chi connectivity index (χ3n) is 2.92. The van der Waals surface area contributed by atoms with Crippen LogP contribution < -0.4 is 5.73 Å². The van der Waals surface area contributed by atoms with Gasteiger partial charge in [-0.15, -0.1) is 0 Å². The molecule has 1 aromatic rings. The molecule has 4 nitrogen and oxygen atoms in total. The van der Waals surface area contributed by atoms with Crippen molar-refractivity contribution in [1.82, 2.24) is 0 Å². The van der Waals surface area contributed by atoms with Crippen LogP contribution in [0, 0.1) is 12.8 Å². The number of carbonyl (C=O) groups excluding carboxylic acids is 1. The van der Waals surface area contributed by atoms with Crippen molar-refractivity contribution in [2.75, 3.05) is 0 Å². The second-order valence-electron chi connectivity index (χ2n) is 4.71. The largest absolute Gasteiger partial charge is 0.481 e. The maximum absolute atomic E-state index is 11.7. The summed E-state index contributed by atoms with van der Waals surface area (Å²) < 4.78 is 0. The maximum atomic E-state index is 11.7. The van der Waals surface area contributed by atoms with E-state index in [0.717, 1.165) is 11.1 Å². The third kappa shape index (κ3) is 4.30. The second kappa shape index (κ2) is 6.31. The number of carbonyl (C=O) groups is 2. The van der Waals surface area contributed by atoms with Crippen LogP contribution in [0.3, 0.4) is 0 Å². The van der Waals surface area contributed by atoms with Gasteiger partial charge in [0.2, 0.25) is 0 Å². The molecule has 0 bridgehead atoms. The molecule has 1 rings (SSSR count). The first-order valence-electron chi connectivity index (χ1n) is 5.96. The highest BCUT2D eigenvalue weighted by Gasteiger charge is 2.20. The van der Waals surface area contributed by atoms with E-state index in [9.17, 15) is 9.59 Å². The summed E-state index contributed by atoms with van der Waals surface area (Å²) in [5, 5.41) is 8.74. The number of benzene rings is 1. The number of nitrogens with two attached hydrogens (primary N) is 1. The van der Waals surface area contributed by atoms with E-state index in [1.807, 2.05) is 31.2 Å². The lowest BCUT2D eigenvalue weighted by Crippen LogP contribution is -2.34. The van der Waals surface area contributed by atoms with Gasteiger partial charge in [-0.1, -0.05) is 36.8 Å². The molecule has 0 saturated heterocycles. The van der Waals surface area contributed by atoms with Crippen molar-refractivity contribution in [2.45, 2.75) is 32.7 Å². The fraction of sp³-hybridized carbons (Fsp3) is 0.429. The lowest BCUT2D eigenvalue weighted by molar-refractivity contribution is -0.143. The molecule has 0 fully saturated rings. The zero-order chi connectivity index (χ0) is 13.7. The number of Topliss-reactive ketones (excluding diaryl/α,β-unsaturated/α-hetero) is 1. The van der Waals surface area contributed by atoms with E-state index in [4.69, 9.17) is 10.8 Å². The summed E-state index contributed by atoms with van der Waals surface area (Å²) in [7, 11) is 0. The number of carboxylic acids is 1. The number of aliphatic carboxylic acids is 1. The van der Waals surface area contributed by atoms with Crippen LogP contribution in [0.25, 0.3) is 0 Å². The van der Waals surface area contributed by atoms with Gasteiger partial charge in [0.25, 0.3) is 0 Å². The maximum Gasteiger partial charge on any atom is 0.306 e. The van der Waals surface area contributed by atoms with E-state index < -0.39 is 17.9 Å². The number of hydrogen-bond donors (Lipinski definition) is 2. The quantitative estimate of drug-likeness (QED) is 0.801. The fourth-order valence-corrected chi connectivity index (χ4v) is 1.63. The number of aryl methyl sites for hydroxylation is 1. The van der Waals surface area contributed by atoms with Gasteiger partial charge in [0.1, 0.15) is 0 Å². The summed E-state index contributed by atoms with van der Waals surface area (Å²) in [6, 6.07) is 7.17. The van der Waals surface area contributed by atoms with Gasteiger partial charge in [-0.3, -0.25) is 9.59 Å². The van der Waals surface area contributed by atoms with E-state index in [-0.39, 0.29) is 12.2 Å². The molecule has 0 aliphatic rings. The molecule has 0 aromatic heterocycles. The van der Waals surface area contributed by atoms with Crippen molar-refractivity contribution < 1.29 is 14.7 Å². The Morgan fingerprint density at radius 1 is 1.28 bits per heavy atom. The Bertz CT molecular complexity index is 425. The molecule has 4 heteroatoms. The van der Waals surface area contributed by atoms with Gasteiger partial charge in [0, 0.05) is 6.42 Å². The zero-order valence-electron chi connectivity index (χ0n) is 10.7. The molecule has 18 heavy (non-hydrogen) atoms. The van der Waals surface area contributed by atoms with E-state index in [1.165, 1.54) is 6.92 Å². The van der Waals surface area contributed by atoms with E-state index in [1.54, 1.807) is 0 Å². The molecule has 0 spiro atoms. The lowest BCUT2D eigenvalue weighted by Gasteiger charge is -2.12. The van der Waals surface area contributed by atoms with Crippen LogP contribution in [0.1, 0.15) is 24.5 Å². The number of hydrogen-bond acceptors (Lipinski definition) is 3. The summed E-state index contributed by atoms with van der Waals surface area (Å²) in [5.41, 5.74) is 7.93. The Morgan fingerprint density at radius 2 is 1.83 bits per heavy atom. The Labute approximate surface area is 107 Å². The van der Waals surface area contributed by atoms with Crippen LogP contribution in [0.4, 0.5) is 0 Å². The van der Waals surface area contributed by atoms with Crippen LogP contribution >= 0.6 is 0 Å². The average Bonchev–Trinajstić information content (AvgIpc) is 2.31. The minimum absolute atomic E-state index is 0.0115. The van der Waals surface area contributed by atoms with Crippen molar-refractivity contribution in [3.8, 4) is 0 Å². The van der Waals surface area contributed by atoms with E-state index in [0.29, 0.717) is 6.42 Å². The number of rotatable bonds is 6. The van der Waals surface area contributed by atoms with Crippen molar-refractivity contribution >= 4 is 11.8 Å². The standard InChI is InChI=1S/C14H19NO3/c1-9-3-5-11(6-4-9)8-12(15)13(16)7-10(2)14(17)18/h3-6,10,12H,7-8,15H2,1-2H3,(H,17,18)/t10-,12+/m0/s1. The molecule has 98 valence electrons. The van der Waals surface area contributed by atoms with Crippen LogP contribution in [0.15, 0.2) is 24.3 Å². The highest BCUT2D eigenvalue weighted by atomic mass is 16.4. The predicted molar refractivity (Wildman–Crippen MR) is 69.3 cm³/mol. The van der Waals surface area contributed by atoms with Gasteiger partial charge >= 0.3 is 5.97 Å². The lowest BCUT2D eigenvalue weighted by atomic mass is 9.96. The minimum atomic E-state index is -0.967. The van der Waals surface area contributed by atoms with E-state index >= 15 is 0 Å². The minimum Gasteiger partial charge on any atom is -0.481 e. The SMILES string of the molecule is Cc1ccc(C[C@@H](N)C(=O)C[C@H](C)C(=O)O)cc1. The number of carboxylic acid groups (broad SMARTS) is 1. The molecule has 2 atom stereocenters.